The number of nitrogens with one attached hydrogen (secondary N) is 2. The maximum absolute atomic E-state index is 14.2. The second kappa shape index (κ2) is 7.78. The number of rotatable bonds is 4. The first-order chi connectivity index (χ1) is 14.6. The third kappa shape index (κ3) is 4.03. The normalized spacial score (nSPS) is 14.2. The minimum absolute atomic E-state index is 0.0118. The zero-order valence-electron chi connectivity index (χ0n) is 15.3. The van der Waals surface area contributed by atoms with E-state index in [4.69, 9.17) is 0 Å². The predicted octanol–water partition coefficient (Wildman–Crippen LogP) is 4.04. The van der Waals surface area contributed by atoms with E-state index in [2.05, 4.69) is 20.6 Å². The number of fused-ring (bicyclic) bond motifs is 1. The highest BCUT2D eigenvalue weighted by Gasteiger charge is 2.46. The summed E-state index contributed by atoms with van der Waals surface area (Å²) in [6.45, 7) is 0.0118. The number of halogens is 5. The van der Waals surface area contributed by atoms with Crippen molar-refractivity contribution in [2.75, 3.05) is 5.32 Å². The zero-order chi connectivity index (χ0) is 22.3. The minimum Gasteiger partial charge on any atom is -0.604 e. The Bertz CT molecular complexity index is 1150. The number of carbonyl (C=O) groups excluding carboxylic acids is 1. The summed E-state index contributed by atoms with van der Waals surface area (Å²) in [4.78, 5) is 19.9. The first-order valence-electron chi connectivity index (χ1n) is 8.64. The molecule has 1 aliphatic heterocycles. The van der Waals surface area contributed by atoms with Crippen molar-refractivity contribution in [2.24, 2.45) is 0 Å². The van der Waals surface area contributed by atoms with E-state index in [9.17, 15) is 31.3 Å². The number of aromatic nitrogens is 2. The fraction of sp³-hybridized carbons (Fsp3) is 0.105. The van der Waals surface area contributed by atoms with E-state index >= 15 is 0 Å². The summed E-state index contributed by atoms with van der Waals surface area (Å²) < 4.78 is 77.6. The van der Waals surface area contributed by atoms with Gasteiger partial charge in [-0.2, -0.15) is 0 Å². The van der Waals surface area contributed by atoms with E-state index in [0.717, 1.165) is 24.3 Å². The highest BCUT2D eigenvalue weighted by Crippen LogP contribution is 2.33. The standard InChI is InChI=1S/C19H11F5N4O2S/c20-11-2-1-3-12(21)14(11)16-27-13-8-25-18(29)15(13)17(28-16)26-9-4-6-10(7-5-9)31(30)19(22,23)24/h1-7H,8H2,(H,25,29)(H,26,27,28). The molecule has 6 nitrogen and oxygen atoms in total. The van der Waals surface area contributed by atoms with Gasteiger partial charge in [0.15, 0.2) is 10.7 Å². The molecular weight excluding hydrogens is 443 g/mol. The van der Waals surface area contributed by atoms with Gasteiger partial charge >= 0.3 is 5.51 Å². The summed E-state index contributed by atoms with van der Waals surface area (Å²) >= 11 is -3.20. The van der Waals surface area contributed by atoms with Crippen LogP contribution in [0.15, 0.2) is 47.4 Å². The molecule has 0 radical (unpaired) electrons. The van der Waals surface area contributed by atoms with E-state index in [1.807, 2.05) is 0 Å². The molecular formula is C19H11F5N4O2S. The lowest BCUT2D eigenvalue weighted by Gasteiger charge is -2.14. The molecule has 0 bridgehead atoms. The van der Waals surface area contributed by atoms with Gasteiger partial charge in [0.25, 0.3) is 5.91 Å². The number of hydrogen-bond donors (Lipinski definition) is 2. The van der Waals surface area contributed by atoms with Crippen molar-refractivity contribution in [1.29, 1.82) is 0 Å². The topological polar surface area (TPSA) is 90.0 Å². The summed E-state index contributed by atoms with van der Waals surface area (Å²) in [6.07, 6.45) is 0. The fourth-order valence-electron chi connectivity index (χ4n) is 2.97. The number of nitrogens with zero attached hydrogens (tertiary/aromatic N) is 2. The molecule has 2 N–H and O–H groups in total. The lowest BCUT2D eigenvalue weighted by Crippen LogP contribution is -2.23. The van der Waals surface area contributed by atoms with Crippen LogP contribution < -0.4 is 10.6 Å². The number of amides is 1. The SMILES string of the molecule is O=C1NCc2nc(-c3c(F)cccc3F)nc(Nc3ccc([S+]([O-])C(F)(F)F)cc3)c21. The minimum atomic E-state index is -4.90. The van der Waals surface area contributed by atoms with Gasteiger partial charge in [-0.15, -0.1) is 13.2 Å². The van der Waals surface area contributed by atoms with Gasteiger partial charge in [-0.25, -0.2) is 18.7 Å². The van der Waals surface area contributed by atoms with Crippen LogP contribution in [-0.4, -0.2) is 25.9 Å². The number of alkyl halides is 3. The number of anilines is 2. The number of hydrogen-bond acceptors (Lipinski definition) is 5. The molecule has 3 aromatic rings. The summed E-state index contributed by atoms with van der Waals surface area (Å²) in [5.74, 6) is -2.71. The van der Waals surface area contributed by atoms with E-state index in [1.54, 1.807) is 0 Å². The second-order valence-electron chi connectivity index (χ2n) is 6.36. The van der Waals surface area contributed by atoms with Crippen LogP contribution in [0, 0.1) is 11.6 Å². The highest BCUT2D eigenvalue weighted by atomic mass is 32.2. The molecule has 1 unspecified atom stereocenters. The van der Waals surface area contributed by atoms with Crippen LogP contribution in [0.25, 0.3) is 11.4 Å². The Hall–Kier alpha value is -3.25. The Morgan fingerprint density at radius 2 is 1.65 bits per heavy atom. The maximum Gasteiger partial charge on any atom is 0.578 e. The molecule has 1 aromatic heterocycles. The van der Waals surface area contributed by atoms with E-state index in [1.165, 1.54) is 18.2 Å². The number of benzene rings is 2. The van der Waals surface area contributed by atoms with Crippen LogP contribution in [0.4, 0.5) is 33.5 Å². The molecule has 160 valence electrons. The van der Waals surface area contributed by atoms with Crippen LogP contribution in [0.1, 0.15) is 16.1 Å². The van der Waals surface area contributed by atoms with Gasteiger partial charge in [-0.05, 0) is 36.4 Å². The Balaban J connectivity index is 1.73. The molecule has 31 heavy (non-hydrogen) atoms. The lowest BCUT2D eigenvalue weighted by molar-refractivity contribution is -0.0435. The summed E-state index contributed by atoms with van der Waals surface area (Å²) in [5.41, 5.74) is -4.93. The van der Waals surface area contributed by atoms with Crippen molar-refractivity contribution in [2.45, 2.75) is 16.9 Å². The van der Waals surface area contributed by atoms with Crippen molar-refractivity contribution < 1.29 is 31.3 Å². The molecule has 0 spiro atoms. The summed E-state index contributed by atoms with van der Waals surface area (Å²) in [5, 5.41) is 5.28. The monoisotopic (exact) mass is 454 g/mol. The Kier molecular flexibility index (Phi) is 5.27. The van der Waals surface area contributed by atoms with E-state index < -0.39 is 44.7 Å². The molecule has 12 heteroatoms. The average Bonchev–Trinajstić information content (AvgIpc) is 3.08. The van der Waals surface area contributed by atoms with E-state index in [-0.39, 0.29) is 35.1 Å². The molecule has 0 saturated carbocycles. The Labute approximate surface area is 174 Å². The molecule has 4 rings (SSSR count). The number of carbonyl (C=O) groups is 1. The predicted molar refractivity (Wildman–Crippen MR) is 101 cm³/mol. The van der Waals surface area contributed by atoms with Crippen LogP contribution in [-0.2, 0) is 17.7 Å². The second-order valence-corrected chi connectivity index (χ2v) is 7.83. The molecule has 0 fully saturated rings. The Morgan fingerprint density at radius 1 is 1.00 bits per heavy atom. The maximum atomic E-state index is 14.2. The van der Waals surface area contributed by atoms with Crippen molar-refractivity contribution in [1.82, 2.24) is 15.3 Å². The van der Waals surface area contributed by atoms with E-state index in [0.29, 0.717) is 0 Å². The average molecular weight is 454 g/mol. The third-order valence-electron chi connectivity index (χ3n) is 4.36. The van der Waals surface area contributed by atoms with Gasteiger partial charge in [0, 0.05) is 5.69 Å². The highest BCUT2D eigenvalue weighted by molar-refractivity contribution is 7.92. The lowest BCUT2D eigenvalue weighted by atomic mass is 10.1. The first kappa shape index (κ1) is 21.0. The first-order valence-corrected chi connectivity index (χ1v) is 9.79. The van der Waals surface area contributed by atoms with Crippen molar-refractivity contribution in [3.05, 3.63) is 65.4 Å². The zero-order valence-corrected chi connectivity index (χ0v) is 16.1. The summed E-state index contributed by atoms with van der Waals surface area (Å²) in [7, 11) is 0. The van der Waals surface area contributed by atoms with Crippen LogP contribution >= 0.6 is 0 Å². The van der Waals surface area contributed by atoms with Gasteiger partial charge in [0.1, 0.15) is 23.0 Å². The third-order valence-corrected chi connectivity index (χ3v) is 5.48. The largest absolute Gasteiger partial charge is 0.604 e. The molecule has 0 saturated heterocycles. The molecule has 1 atom stereocenters. The van der Waals surface area contributed by atoms with Crippen LogP contribution in [0.5, 0.6) is 0 Å². The van der Waals surface area contributed by atoms with Gasteiger partial charge < -0.3 is 15.2 Å². The van der Waals surface area contributed by atoms with Gasteiger partial charge in [0.2, 0.25) is 0 Å². The summed E-state index contributed by atoms with van der Waals surface area (Å²) in [6, 6.07) is 7.68. The fourth-order valence-corrected chi connectivity index (χ4v) is 3.62. The van der Waals surface area contributed by atoms with Crippen molar-refractivity contribution >= 4 is 28.6 Å². The molecule has 0 aliphatic carbocycles. The van der Waals surface area contributed by atoms with Crippen LogP contribution in [0.3, 0.4) is 0 Å². The molecule has 2 heterocycles. The van der Waals surface area contributed by atoms with Crippen molar-refractivity contribution in [3.8, 4) is 11.4 Å². The molecule has 1 amide bonds. The Morgan fingerprint density at radius 3 is 2.26 bits per heavy atom. The van der Waals surface area contributed by atoms with Gasteiger partial charge in [-0.3, -0.25) is 4.79 Å². The molecule has 1 aliphatic rings. The smallest absolute Gasteiger partial charge is 0.578 e. The van der Waals surface area contributed by atoms with Crippen LogP contribution in [0.2, 0.25) is 0 Å². The van der Waals surface area contributed by atoms with Crippen molar-refractivity contribution in [3.63, 3.8) is 0 Å². The van der Waals surface area contributed by atoms with Gasteiger partial charge in [0.05, 0.1) is 29.0 Å². The van der Waals surface area contributed by atoms with Gasteiger partial charge in [-0.1, -0.05) is 6.07 Å². The molecule has 2 aromatic carbocycles. The quantitative estimate of drug-likeness (QED) is 0.459.